The SMILES string of the molecule is COc1ccc(N2CCN(CCNC(=O)C(=O)Nc3ccccc3C#N)CC2)cc1. The van der Waals surface area contributed by atoms with Crippen LogP contribution >= 0.6 is 0 Å². The zero-order valence-electron chi connectivity index (χ0n) is 16.9. The molecule has 30 heavy (non-hydrogen) atoms. The Hall–Kier alpha value is -3.57. The quantitative estimate of drug-likeness (QED) is 0.704. The largest absolute Gasteiger partial charge is 0.497 e. The highest BCUT2D eigenvalue weighted by Gasteiger charge is 2.19. The number of anilines is 2. The van der Waals surface area contributed by atoms with E-state index in [1.807, 2.05) is 18.2 Å². The molecule has 2 amide bonds. The average molecular weight is 407 g/mol. The molecule has 3 rings (SSSR count). The maximum Gasteiger partial charge on any atom is 0.313 e. The molecule has 1 fully saturated rings. The van der Waals surface area contributed by atoms with Gasteiger partial charge in [-0.15, -0.1) is 0 Å². The molecule has 8 nitrogen and oxygen atoms in total. The molecule has 1 saturated heterocycles. The Morgan fingerprint density at radius 2 is 1.73 bits per heavy atom. The third-order valence-corrected chi connectivity index (χ3v) is 5.03. The smallest absolute Gasteiger partial charge is 0.313 e. The average Bonchev–Trinajstić information content (AvgIpc) is 2.80. The molecule has 1 heterocycles. The summed E-state index contributed by atoms with van der Waals surface area (Å²) < 4.78 is 5.19. The Balaban J connectivity index is 1.39. The highest BCUT2D eigenvalue weighted by atomic mass is 16.5. The number of benzene rings is 2. The van der Waals surface area contributed by atoms with E-state index in [1.54, 1.807) is 31.4 Å². The minimum absolute atomic E-state index is 0.313. The summed E-state index contributed by atoms with van der Waals surface area (Å²) in [6, 6.07) is 16.6. The lowest BCUT2D eigenvalue weighted by Crippen LogP contribution is -2.49. The summed E-state index contributed by atoms with van der Waals surface area (Å²) in [6.45, 7) is 4.60. The van der Waals surface area contributed by atoms with E-state index in [-0.39, 0.29) is 0 Å². The number of nitrogens with zero attached hydrogens (tertiary/aromatic N) is 3. The third-order valence-electron chi connectivity index (χ3n) is 5.03. The van der Waals surface area contributed by atoms with E-state index in [0.29, 0.717) is 24.3 Å². The summed E-state index contributed by atoms with van der Waals surface area (Å²) >= 11 is 0. The number of hydrogen-bond acceptors (Lipinski definition) is 6. The summed E-state index contributed by atoms with van der Waals surface area (Å²) in [5, 5.41) is 14.2. The molecule has 0 aromatic heterocycles. The van der Waals surface area contributed by atoms with E-state index in [1.165, 1.54) is 0 Å². The number of nitriles is 1. The molecule has 0 radical (unpaired) electrons. The lowest BCUT2D eigenvalue weighted by atomic mass is 10.2. The Morgan fingerprint density at radius 3 is 2.40 bits per heavy atom. The Bertz CT molecular complexity index is 915. The van der Waals surface area contributed by atoms with Gasteiger partial charge in [0.25, 0.3) is 0 Å². The number of methoxy groups -OCH3 is 1. The fourth-order valence-corrected chi connectivity index (χ4v) is 3.30. The lowest BCUT2D eigenvalue weighted by Gasteiger charge is -2.36. The number of hydrogen-bond donors (Lipinski definition) is 2. The molecule has 2 N–H and O–H groups in total. The van der Waals surface area contributed by atoms with Crippen molar-refractivity contribution in [1.82, 2.24) is 10.2 Å². The van der Waals surface area contributed by atoms with Gasteiger partial charge in [0.05, 0.1) is 18.4 Å². The number of nitrogens with one attached hydrogen (secondary N) is 2. The number of piperazine rings is 1. The highest BCUT2D eigenvalue weighted by molar-refractivity contribution is 6.39. The van der Waals surface area contributed by atoms with Crippen LogP contribution in [0.1, 0.15) is 5.56 Å². The van der Waals surface area contributed by atoms with Gasteiger partial charge in [-0.2, -0.15) is 5.26 Å². The molecule has 0 spiro atoms. The Morgan fingerprint density at radius 1 is 1.03 bits per heavy atom. The first-order valence-corrected chi connectivity index (χ1v) is 9.80. The first kappa shape index (κ1) is 21.1. The van der Waals surface area contributed by atoms with Gasteiger partial charge in [0, 0.05) is 45.0 Å². The molecule has 0 bridgehead atoms. The van der Waals surface area contributed by atoms with Crippen molar-refractivity contribution >= 4 is 23.2 Å². The monoisotopic (exact) mass is 407 g/mol. The van der Waals surface area contributed by atoms with Crippen molar-refractivity contribution in [3.05, 3.63) is 54.1 Å². The summed E-state index contributed by atoms with van der Waals surface area (Å²) in [4.78, 5) is 28.6. The van der Waals surface area contributed by atoms with Crippen molar-refractivity contribution in [1.29, 1.82) is 5.26 Å². The molecule has 0 aliphatic carbocycles. The molecular formula is C22H25N5O3. The van der Waals surface area contributed by atoms with Crippen LogP contribution in [-0.2, 0) is 9.59 Å². The predicted molar refractivity (Wildman–Crippen MR) is 114 cm³/mol. The molecule has 0 atom stereocenters. The van der Waals surface area contributed by atoms with Crippen LogP contribution in [0.4, 0.5) is 11.4 Å². The van der Waals surface area contributed by atoms with Crippen LogP contribution in [-0.4, -0.2) is 63.1 Å². The van der Waals surface area contributed by atoms with E-state index < -0.39 is 11.8 Å². The minimum Gasteiger partial charge on any atom is -0.497 e. The fourth-order valence-electron chi connectivity index (χ4n) is 3.30. The van der Waals surface area contributed by atoms with Crippen molar-refractivity contribution in [2.75, 3.05) is 56.6 Å². The number of rotatable bonds is 6. The molecule has 1 aliphatic heterocycles. The van der Waals surface area contributed by atoms with Crippen molar-refractivity contribution in [3.8, 4) is 11.8 Å². The van der Waals surface area contributed by atoms with Crippen molar-refractivity contribution in [3.63, 3.8) is 0 Å². The van der Waals surface area contributed by atoms with Gasteiger partial charge >= 0.3 is 11.8 Å². The summed E-state index contributed by atoms with van der Waals surface area (Å²) in [7, 11) is 1.65. The molecule has 1 aliphatic rings. The number of amides is 2. The molecule has 8 heteroatoms. The second-order valence-corrected chi connectivity index (χ2v) is 6.89. The molecule has 156 valence electrons. The van der Waals surface area contributed by atoms with Gasteiger partial charge in [0.1, 0.15) is 11.8 Å². The Labute approximate surface area is 176 Å². The van der Waals surface area contributed by atoms with Crippen LogP contribution in [0.15, 0.2) is 48.5 Å². The lowest BCUT2D eigenvalue weighted by molar-refractivity contribution is -0.136. The van der Waals surface area contributed by atoms with Crippen LogP contribution in [0.2, 0.25) is 0 Å². The van der Waals surface area contributed by atoms with Gasteiger partial charge in [-0.1, -0.05) is 12.1 Å². The minimum atomic E-state index is -0.776. The maximum absolute atomic E-state index is 12.0. The normalized spacial score (nSPS) is 13.9. The zero-order valence-corrected chi connectivity index (χ0v) is 16.9. The standard InChI is InChI=1S/C22H25N5O3/c1-30-19-8-6-18(7-9-19)27-14-12-26(13-15-27)11-10-24-21(28)22(29)25-20-5-3-2-4-17(20)16-23/h2-9H,10-15H2,1H3,(H,24,28)(H,25,29). The van der Waals surface area contributed by atoms with E-state index in [0.717, 1.165) is 37.6 Å². The number of ether oxygens (including phenoxy) is 1. The van der Waals surface area contributed by atoms with Gasteiger partial charge in [0.2, 0.25) is 0 Å². The molecule has 2 aromatic carbocycles. The number of carbonyl (C=O) groups excluding carboxylic acids is 2. The second-order valence-electron chi connectivity index (χ2n) is 6.89. The predicted octanol–water partition coefficient (Wildman–Crippen LogP) is 1.44. The molecular weight excluding hydrogens is 382 g/mol. The van der Waals surface area contributed by atoms with E-state index in [4.69, 9.17) is 10.00 Å². The van der Waals surface area contributed by atoms with E-state index in [9.17, 15) is 9.59 Å². The highest BCUT2D eigenvalue weighted by Crippen LogP contribution is 2.20. The van der Waals surface area contributed by atoms with Crippen LogP contribution in [0.3, 0.4) is 0 Å². The molecule has 0 saturated carbocycles. The Kier molecular flexibility index (Phi) is 7.24. The van der Waals surface area contributed by atoms with Crippen molar-refractivity contribution < 1.29 is 14.3 Å². The van der Waals surface area contributed by atoms with Gasteiger partial charge < -0.3 is 20.3 Å². The van der Waals surface area contributed by atoms with Gasteiger partial charge in [-0.25, -0.2) is 0 Å². The summed E-state index contributed by atoms with van der Waals surface area (Å²) in [6.07, 6.45) is 0. The first-order valence-electron chi connectivity index (χ1n) is 9.80. The molecule has 0 unspecified atom stereocenters. The summed E-state index contributed by atoms with van der Waals surface area (Å²) in [5.41, 5.74) is 1.81. The van der Waals surface area contributed by atoms with Crippen molar-refractivity contribution in [2.24, 2.45) is 0 Å². The van der Waals surface area contributed by atoms with Crippen LogP contribution in [0.25, 0.3) is 0 Å². The second kappa shape index (κ2) is 10.3. The summed E-state index contributed by atoms with van der Waals surface area (Å²) in [5.74, 6) is -0.644. The van der Waals surface area contributed by atoms with E-state index >= 15 is 0 Å². The van der Waals surface area contributed by atoms with Crippen molar-refractivity contribution in [2.45, 2.75) is 0 Å². The van der Waals surface area contributed by atoms with Crippen LogP contribution in [0.5, 0.6) is 5.75 Å². The molecule has 2 aromatic rings. The first-order chi connectivity index (χ1) is 14.6. The maximum atomic E-state index is 12.0. The van der Waals surface area contributed by atoms with Crippen LogP contribution in [0, 0.1) is 11.3 Å². The number of carbonyl (C=O) groups is 2. The van der Waals surface area contributed by atoms with E-state index in [2.05, 4.69) is 32.6 Å². The third kappa shape index (κ3) is 5.49. The van der Waals surface area contributed by atoms with Gasteiger partial charge in [0.15, 0.2) is 0 Å². The van der Waals surface area contributed by atoms with Gasteiger partial charge in [-0.05, 0) is 36.4 Å². The van der Waals surface area contributed by atoms with Crippen LogP contribution < -0.4 is 20.3 Å². The zero-order chi connectivity index (χ0) is 21.3. The van der Waals surface area contributed by atoms with Gasteiger partial charge in [-0.3, -0.25) is 14.5 Å². The topological polar surface area (TPSA) is 97.7 Å². The fraction of sp³-hybridized carbons (Fsp3) is 0.318. The number of para-hydroxylation sites is 1.